The van der Waals surface area contributed by atoms with Crippen LogP contribution in [-0.2, 0) is 5.41 Å². The highest BCUT2D eigenvalue weighted by Gasteiger charge is 2.38. The predicted molar refractivity (Wildman–Crippen MR) is 221 cm³/mol. The van der Waals surface area contributed by atoms with Gasteiger partial charge in [0.1, 0.15) is 5.65 Å². The van der Waals surface area contributed by atoms with Crippen LogP contribution in [-0.4, -0.2) is 24.5 Å². The van der Waals surface area contributed by atoms with Gasteiger partial charge >= 0.3 is 0 Å². The van der Waals surface area contributed by atoms with Crippen molar-refractivity contribution in [3.05, 3.63) is 174 Å². The number of nitrogens with zero attached hydrogens (tertiary/aromatic N) is 5. The maximum Gasteiger partial charge on any atom is 0.164 e. The molecule has 3 aromatic heterocycles. The van der Waals surface area contributed by atoms with Crippen LogP contribution < -0.4 is 0 Å². The van der Waals surface area contributed by atoms with Crippen molar-refractivity contribution in [2.75, 3.05) is 0 Å². The Morgan fingerprint density at radius 1 is 0.500 bits per heavy atom. The Balaban J connectivity index is 1.12. The SMILES string of the molecule is Cc1cc(-n2c3ccccc3c3cccnc32)ccc1-c1cccc(-c2nc(-c3ccccc3)nc(-c3cccc4c3C(C)(C)c3ccccc3-4)n2)c1C. The van der Waals surface area contributed by atoms with E-state index in [1.165, 1.54) is 38.8 Å². The highest BCUT2D eigenvalue weighted by Crippen LogP contribution is 2.51. The molecule has 0 unspecified atom stereocenters. The number of aryl methyl sites for hydroxylation is 1. The molecule has 54 heavy (non-hydrogen) atoms. The van der Waals surface area contributed by atoms with E-state index in [1.54, 1.807) is 0 Å². The molecule has 0 amide bonds. The highest BCUT2D eigenvalue weighted by molar-refractivity contribution is 6.07. The summed E-state index contributed by atoms with van der Waals surface area (Å²) in [7, 11) is 0. The van der Waals surface area contributed by atoms with Crippen molar-refractivity contribution in [1.29, 1.82) is 0 Å². The van der Waals surface area contributed by atoms with Gasteiger partial charge in [-0.3, -0.25) is 4.57 Å². The van der Waals surface area contributed by atoms with Gasteiger partial charge in [0.15, 0.2) is 17.5 Å². The van der Waals surface area contributed by atoms with Crippen LogP contribution in [0.5, 0.6) is 0 Å². The molecule has 5 heteroatoms. The van der Waals surface area contributed by atoms with Gasteiger partial charge in [-0.05, 0) is 88.7 Å². The average molecular weight is 696 g/mol. The molecule has 9 aromatic rings. The molecular formula is C49H37N5. The predicted octanol–water partition coefficient (Wildman–Crippen LogP) is 12.0. The second-order valence-corrected chi connectivity index (χ2v) is 14.8. The van der Waals surface area contributed by atoms with Crippen molar-refractivity contribution in [3.8, 4) is 62.1 Å². The van der Waals surface area contributed by atoms with Crippen LogP contribution in [0.25, 0.3) is 84.0 Å². The summed E-state index contributed by atoms with van der Waals surface area (Å²) in [4.78, 5) is 20.4. The van der Waals surface area contributed by atoms with Crippen molar-refractivity contribution in [2.24, 2.45) is 0 Å². The van der Waals surface area contributed by atoms with Crippen molar-refractivity contribution in [2.45, 2.75) is 33.1 Å². The molecule has 0 spiro atoms. The number of para-hydroxylation sites is 1. The molecule has 0 radical (unpaired) electrons. The Bertz CT molecular complexity index is 2880. The maximum absolute atomic E-state index is 5.30. The van der Waals surface area contributed by atoms with E-state index in [1.807, 2.05) is 30.5 Å². The molecule has 1 aliphatic carbocycles. The summed E-state index contributed by atoms with van der Waals surface area (Å²) >= 11 is 0. The quantitative estimate of drug-likeness (QED) is 0.180. The molecule has 0 bridgehead atoms. The Labute approximate surface area is 314 Å². The lowest BCUT2D eigenvalue weighted by Crippen LogP contribution is -2.17. The van der Waals surface area contributed by atoms with Crippen LogP contribution in [0.1, 0.15) is 36.1 Å². The smallest absolute Gasteiger partial charge is 0.164 e. The fraction of sp³-hybridized carbons (Fsp3) is 0.102. The zero-order chi connectivity index (χ0) is 36.6. The summed E-state index contributed by atoms with van der Waals surface area (Å²) in [5.74, 6) is 2.00. The second kappa shape index (κ2) is 12.2. The number of benzene rings is 6. The van der Waals surface area contributed by atoms with Crippen LogP contribution in [0.3, 0.4) is 0 Å². The summed E-state index contributed by atoms with van der Waals surface area (Å²) in [6.07, 6.45) is 1.87. The number of aromatic nitrogens is 5. The topological polar surface area (TPSA) is 56.5 Å². The molecule has 258 valence electrons. The maximum atomic E-state index is 5.30. The second-order valence-electron chi connectivity index (χ2n) is 14.8. The highest BCUT2D eigenvalue weighted by atomic mass is 15.0. The van der Waals surface area contributed by atoms with Gasteiger partial charge in [0.2, 0.25) is 0 Å². The van der Waals surface area contributed by atoms with Gasteiger partial charge in [-0.15, -0.1) is 0 Å². The molecule has 1 aliphatic rings. The fourth-order valence-corrected chi connectivity index (χ4v) is 8.68. The third-order valence-corrected chi connectivity index (χ3v) is 11.3. The summed E-state index contributed by atoms with van der Waals surface area (Å²) in [5, 5.41) is 2.35. The van der Waals surface area contributed by atoms with E-state index in [4.69, 9.17) is 19.9 Å². The van der Waals surface area contributed by atoms with E-state index in [-0.39, 0.29) is 5.41 Å². The number of hydrogen-bond acceptors (Lipinski definition) is 4. The van der Waals surface area contributed by atoms with Crippen LogP contribution in [0.15, 0.2) is 152 Å². The Hall–Kier alpha value is -6.72. The van der Waals surface area contributed by atoms with Crippen molar-refractivity contribution < 1.29 is 0 Å². The lowest BCUT2D eigenvalue weighted by molar-refractivity contribution is 0.661. The van der Waals surface area contributed by atoms with Crippen LogP contribution in [0.4, 0.5) is 0 Å². The monoisotopic (exact) mass is 695 g/mol. The van der Waals surface area contributed by atoms with Gasteiger partial charge in [0, 0.05) is 44.8 Å². The molecule has 0 saturated carbocycles. The zero-order valence-corrected chi connectivity index (χ0v) is 30.7. The van der Waals surface area contributed by atoms with Gasteiger partial charge < -0.3 is 0 Å². The summed E-state index contributed by atoms with van der Waals surface area (Å²) in [6.45, 7) is 8.98. The molecule has 5 nitrogen and oxygen atoms in total. The van der Waals surface area contributed by atoms with E-state index < -0.39 is 0 Å². The summed E-state index contributed by atoms with van der Waals surface area (Å²) in [5.41, 5.74) is 15.7. The molecule has 0 N–H and O–H groups in total. The lowest BCUT2D eigenvalue weighted by atomic mass is 9.80. The van der Waals surface area contributed by atoms with E-state index in [2.05, 4.69) is 154 Å². The number of hydrogen-bond donors (Lipinski definition) is 0. The van der Waals surface area contributed by atoms with Gasteiger partial charge in [-0.1, -0.05) is 129 Å². The number of fused-ring (bicyclic) bond motifs is 6. The Morgan fingerprint density at radius 2 is 1.15 bits per heavy atom. The van der Waals surface area contributed by atoms with E-state index in [0.717, 1.165) is 50.1 Å². The van der Waals surface area contributed by atoms with E-state index >= 15 is 0 Å². The first-order valence-electron chi connectivity index (χ1n) is 18.5. The Kier molecular flexibility index (Phi) is 7.21. The van der Waals surface area contributed by atoms with Gasteiger partial charge in [0.05, 0.1) is 5.52 Å². The minimum absolute atomic E-state index is 0.211. The molecule has 0 fully saturated rings. The van der Waals surface area contributed by atoms with E-state index in [0.29, 0.717) is 17.5 Å². The third kappa shape index (κ3) is 4.85. The first kappa shape index (κ1) is 32.0. The van der Waals surface area contributed by atoms with Gasteiger partial charge in [0.25, 0.3) is 0 Å². The minimum Gasteiger partial charge on any atom is -0.294 e. The standard InChI is InChI=1S/C49H37N5/c1-30-29-33(54-43-25-11-9-18-38(43)40-23-14-28-50-48(40)54)26-27-34(30)35-19-12-20-36(31(35)2)46-51-45(32-15-6-5-7-16-32)52-47(53-46)41-22-13-21-39-37-17-8-10-24-42(37)49(3,4)44(39)41/h5-29H,1-4H3. The number of rotatable bonds is 5. The number of pyridine rings is 1. The van der Waals surface area contributed by atoms with Gasteiger partial charge in [-0.25, -0.2) is 19.9 Å². The van der Waals surface area contributed by atoms with Crippen molar-refractivity contribution >= 4 is 21.9 Å². The minimum atomic E-state index is -0.211. The first-order valence-corrected chi connectivity index (χ1v) is 18.5. The van der Waals surface area contributed by atoms with E-state index in [9.17, 15) is 0 Å². The van der Waals surface area contributed by atoms with Crippen LogP contribution in [0.2, 0.25) is 0 Å². The molecule has 6 aromatic carbocycles. The third-order valence-electron chi connectivity index (χ3n) is 11.3. The van der Waals surface area contributed by atoms with Crippen LogP contribution in [0, 0.1) is 13.8 Å². The van der Waals surface area contributed by atoms with Crippen molar-refractivity contribution in [1.82, 2.24) is 24.5 Å². The summed E-state index contributed by atoms with van der Waals surface area (Å²) < 4.78 is 2.27. The van der Waals surface area contributed by atoms with Crippen molar-refractivity contribution in [3.63, 3.8) is 0 Å². The average Bonchev–Trinajstić information content (AvgIpc) is 3.67. The molecular weight excluding hydrogens is 659 g/mol. The molecule has 3 heterocycles. The summed E-state index contributed by atoms with van der Waals surface area (Å²) in [6, 6.07) is 51.3. The zero-order valence-electron chi connectivity index (χ0n) is 30.7. The molecule has 0 aliphatic heterocycles. The largest absolute Gasteiger partial charge is 0.294 e. The molecule has 0 saturated heterocycles. The lowest BCUT2D eigenvalue weighted by Gasteiger charge is -2.24. The fourth-order valence-electron chi connectivity index (χ4n) is 8.68. The Morgan fingerprint density at radius 3 is 1.98 bits per heavy atom. The van der Waals surface area contributed by atoms with Gasteiger partial charge in [-0.2, -0.15) is 0 Å². The normalized spacial score (nSPS) is 13.0. The molecule has 10 rings (SSSR count). The molecule has 0 atom stereocenters. The van der Waals surface area contributed by atoms with Crippen LogP contribution >= 0.6 is 0 Å². The first-order chi connectivity index (χ1) is 26.4.